The van der Waals surface area contributed by atoms with Crippen LogP contribution in [0.1, 0.15) is 56.9 Å². The number of aromatic hydroxyl groups is 1. The molecule has 160 valence electrons. The molecule has 0 saturated carbocycles. The summed E-state index contributed by atoms with van der Waals surface area (Å²) in [6.45, 7) is 3.90. The minimum Gasteiger partial charge on any atom is -0.507 e. The Morgan fingerprint density at radius 2 is 1.30 bits per heavy atom. The number of aromatic nitrogens is 3. The Balaban J connectivity index is 1.58. The van der Waals surface area contributed by atoms with Gasteiger partial charge >= 0.3 is 0 Å². The summed E-state index contributed by atoms with van der Waals surface area (Å²) in [5.41, 5.74) is 3.59. The minimum absolute atomic E-state index is 0.189. The van der Waals surface area contributed by atoms with Crippen molar-refractivity contribution in [2.45, 2.75) is 51.4 Å². The molecule has 0 aliphatic carbocycles. The molecule has 1 aromatic heterocycles. The van der Waals surface area contributed by atoms with Gasteiger partial charge in [0.25, 0.3) is 0 Å². The quantitative estimate of drug-likeness (QED) is 0.574. The molecule has 0 amide bonds. The Bertz CT molecular complexity index is 803. The molecule has 2 fully saturated rings. The zero-order valence-corrected chi connectivity index (χ0v) is 17.5. The van der Waals surface area contributed by atoms with E-state index in [0.29, 0.717) is 11.5 Å². The molecular weight excluding hydrogens is 378 g/mol. The zero-order chi connectivity index (χ0) is 20.6. The van der Waals surface area contributed by atoms with Crippen LogP contribution in [0.25, 0.3) is 0 Å². The average Bonchev–Trinajstić information content (AvgIpc) is 3.21. The topological polar surface area (TPSA) is 89.8 Å². The number of nitrogens with zero attached hydrogens (tertiary/aromatic N) is 6. The Morgan fingerprint density at radius 1 is 0.767 bits per heavy atom. The van der Waals surface area contributed by atoms with Crippen LogP contribution in [0.2, 0.25) is 0 Å². The molecular formula is C22H31N7O. The molecule has 3 heterocycles. The van der Waals surface area contributed by atoms with E-state index in [0.717, 1.165) is 38.1 Å². The van der Waals surface area contributed by atoms with Crippen LogP contribution in [-0.4, -0.2) is 52.5 Å². The van der Waals surface area contributed by atoms with Crippen molar-refractivity contribution in [3.05, 3.63) is 29.8 Å². The molecule has 0 atom stereocenters. The van der Waals surface area contributed by atoms with E-state index in [-0.39, 0.29) is 5.75 Å². The summed E-state index contributed by atoms with van der Waals surface area (Å²) in [6.07, 6.45) is 11.3. The fourth-order valence-corrected chi connectivity index (χ4v) is 3.98. The summed E-state index contributed by atoms with van der Waals surface area (Å²) in [6, 6.07) is 7.09. The molecule has 8 nitrogen and oxygen atoms in total. The van der Waals surface area contributed by atoms with Crippen LogP contribution in [0.15, 0.2) is 29.4 Å². The molecule has 0 bridgehead atoms. The average molecular weight is 410 g/mol. The number of anilines is 3. The highest BCUT2D eigenvalue weighted by atomic mass is 16.3. The fourth-order valence-electron chi connectivity index (χ4n) is 3.98. The lowest BCUT2D eigenvalue weighted by Gasteiger charge is -2.24. The van der Waals surface area contributed by atoms with Crippen LogP contribution in [0.5, 0.6) is 5.75 Å². The second kappa shape index (κ2) is 10.2. The van der Waals surface area contributed by atoms with Crippen LogP contribution in [0.3, 0.4) is 0 Å². The summed E-state index contributed by atoms with van der Waals surface area (Å²) in [4.78, 5) is 18.7. The third-order valence-electron chi connectivity index (χ3n) is 5.69. The van der Waals surface area contributed by atoms with E-state index >= 15 is 0 Å². The fraction of sp³-hybridized carbons (Fsp3) is 0.545. The highest BCUT2D eigenvalue weighted by Crippen LogP contribution is 2.22. The van der Waals surface area contributed by atoms with Crippen LogP contribution in [0.4, 0.5) is 17.8 Å². The summed E-state index contributed by atoms with van der Waals surface area (Å²) in [5, 5.41) is 14.2. The molecule has 2 aliphatic rings. The first-order chi connectivity index (χ1) is 14.8. The Labute approximate surface area is 178 Å². The number of benzene rings is 1. The van der Waals surface area contributed by atoms with Gasteiger partial charge in [0, 0.05) is 31.7 Å². The standard InChI is InChI=1S/C22H31N7O/c30-19-12-6-5-11-18(19)17-23-27-20-24-21(28-13-7-1-2-8-14-28)26-22(25-20)29-15-9-3-4-10-16-29/h5-6,11-12,17,30H,1-4,7-10,13-16H2,(H,24,25,26,27)/b23-17+. The maximum atomic E-state index is 9.92. The molecule has 0 spiro atoms. The highest BCUT2D eigenvalue weighted by Gasteiger charge is 2.19. The van der Waals surface area contributed by atoms with Gasteiger partial charge in [0.2, 0.25) is 17.8 Å². The molecule has 4 rings (SSSR count). The predicted molar refractivity (Wildman–Crippen MR) is 121 cm³/mol. The second-order valence-electron chi connectivity index (χ2n) is 7.99. The van der Waals surface area contributed by atoms with Crippen molar-refractivity contribution < 1.29 is 5.11 Å². The number of para-hydroxylation sites is 1. The van der Waals surface area contributed by atoms with Gasteiger partial charge in [-0.2, -0.15) is 20.1 Å². The minimum atomic E-state index is 0.189. The lowest BCUT2D eigenvalue weighted by Crippen LogP contribution is -2.30. The first kappa shape index (κ1) is 20.4. The van der Waals surface area contributed by atoms with Crippen molar-refractivity contribution in [1.29, 1.82) is 0 Å². The molecule has 1 aromatic carbocycles. The van der Waals surface area contributed by atoms with Crippen LogP contribution in [0, 0.1) is 0 Å². The van der Waals surface area contributed by atoms with Gasteiger partial charge in [-0.15, -0.1) is 0 Å². The number of rotatable bonds is 5. The predicted octanol–water partition coefficient (Wildman–Crippen LogP) is 3.78. The van der Waals surface area contributed by atoms with Gasteiger partial charge in [-0.05, 0) is 37.8 Å². The summed E-state index contributed by atoms with van der Waals surface area (Å²) >= 11 is 0. The summed E-state index contributed by atoms with van der Waals surface area (Å²) in [7, 11) is 0. The van der Waals surface area contributed by atoms with Gasteiger partial charge in [-0.3, -0.25) is 0 Å². The first-order valence-corrected chi connectivity index (χ1v) is 11.1. The Hall–Kier alpha value is -2.90. The van der Waals surface area contributed by atoms with Crippen molar-refractivity contribution in [3.63, 3.8) is 0 Å². The number of hydrazone groups is 1. The maximum Gasteiger partial charge on any atom is 0.250 e. The van der Waals surface area contributed by atoms with Crippen molar-refractivity contribution >= 4 is 24.1 Å². The monoisotopic (exact) mass is 409 g/mol. The highest BCUT2D eigenvalue weighted by molar-refractivity contribution is 5.83. The smallest absolute Gasteiger partial charge is 0.250 e. The van der Waals surface area contributed by atoms with E-state index in [4.69, 9.17) is 4.98 Å². The third-order valence-corrected chi connectivity index (χ3v) is 5.69. The van der Waals surface area contributed by atoms with Crippen molar-refractivity contribution in [2.75, 3.05) is 41.4 Å². The lowest BCUT2D eigenvalue weighted by molar-refractivity contribution is 0.474. The third kappa shape index (κ3) is 5.37. The van der Waals surface area contributed by atoms with E-state index in [1.807, 2.05) is 6.07 Å². The van der Waals surface area contributed by atoms with E-state index in [2.05, 4.69) is 30.3 Å². The number of hydrogen-bond donors (Lipinski definition) is 2. The van der Waals surface area contributed by atoms with Crippen molar-refractivity contribution in [2.24, 2.45) is 5.10 Å². The molecule has 2 saturated heterocycles. The van der Waals surface area contributed by atoms with Gasteiger partial charge < -0.3 is 14.9 Å². The van der Waals surface area contributed by atoms with E-state index in [1.165, 1.54) is 51.4 Å². The molecule has 2 aromatic rings. The van der Waals surface area contributed by atoms with E-state index in [9.17, 15) is 5.11 Å². The maximum absolute atomic E-state index is 9.92. The molecule has 0 radical (unpaired) electrons. The number of phenolic OH excluding ortho intramolecular Hbond substituents is 1. The number of hydrogen-bond acceptors (Lipinski definition) is 8. The van der Waals surface area contributed by atoms with Crippen molar-refractivity contribution in [3.8, 4) is 5.75 Å². The molecule has 30 heavy (non-hydrogen) atoms. The van der Waals surface area contributed by atoms with Crippen LogP contribution in [-0.2, 0) is 0 Å². The van der Waals surface area contributed by atoms with Gasteiger partial charge in [0.1, 0.15) is 5.75 Å². The zero-order valence-electron chi connectivity index (χ0n) is 17.5. The van der Waals surface area contributed by atoms with Crippen LogP contribution < -0.4 is 15.2 Å². The second-order valence-corrected chi connectivity index (χ2v) is 7.99. The first-order valence-electron chi connectivity index (χ1n) is 11.1. The number of phenols is 1. The SMILES string of the molecule is Oc1ccccc1/C=N/Nc1nc(N2CCCCCC2)nc(N2CCCCCC2)n1. The normalized spacial score (nSPS) is 18.3. The molecule has 8 heteroatoms. The Kier molecular flexibility index (Phi) is 6.95. The largest absolute Gasteiger partial charge is 0.507 e. The Morgan fingerprint density at radius 3 is 1.83 bits per heavy atom. The van der Waals surface area contributed by atoms with Crippen LogP contribution >= 0.6 is 0 Å². The molecule has 2 N–H and O–H groups in total. The summed E-state index contributed by atoms with van der Waals surface area (Å²) < 4.78 is 0. The van der Waals surface area contributed by atoms with E-state index in [1.54, 1.807) is 24.4 Å². The van der Waals surface area contributed by atoms with Gasteiger partial charge in [0.05, 0.1) is 6.21 Å². The summed E-state index contributed by atoms with van der Waals surface area (Å²) in [5.74, 6) is 2.09. The van der Waals surface area contributed by atoms with Gasteiger partial charge in [-0.1, -0.05) is 37.8 Å². The molecule has 0 unspecified atom stereocenters. The van der Waals surface area contributed by atoms with E-state index < -0.39 is 0 Å². The van der Waals surface area contributed by atoms with Crippen molar-refractivity contribution in [1.82, 2.24) is 15.0 Å². The van der Waals surface area contributed by atoms with Gasteiger partial charge in [0.15, 0.2) is 0 Å². The van der Waals surface area contributed by atoms with Gasteiger partial charge in [-0.25, -0.2) is 5.43 Å². The number of nitrogens with one attached hydrogen (secondary N) is 1. The molecule has 2 aliphatic heterocycles. The lowest BCUT2D eigenvalue weighted by atomic mass is 10.2.